The molecule has 0 aromatic heterocycles. The molecule has 102 valence electrons. The zero-order chi connectivity index (χ0) is 14.3. The molecule has 0 saturated carbocycles. The van der Waals surface area contributed by atoms with Crippen molar-refractivity contribution in [2.24, 2.45) is 4.99 Å². The number of benzene rings is 2. The van der Waals surface area contributed by atoms with E-state index in [1.54, 1.807) is 6.07 Å². The van der Waals surface area contributed by atoms with E-state index in [-0.39, 0.29) is 0 Å². The third kappa shape index (κ3) is 2.27. The van der Waals surface area contributed by atoms with E-state index in [2.05, 4.69) is 4.99 Å². The zero-order valence-electron chi connectivity index (χ0n) is 10.5. The van der Waals surface area contributed by atoms with E-state index >= 15 is 0 Å². The van der Waals surface area contributed by atoms with Crippen LogP contribution in [0.4, 0.5) is 18.9 Å². The normalized spacial score (nSPS) is 13.2. The number of rotatable bonds is 0. The molecule has 0 aliphatic carbocycles. The first kappa shape index (κ1) is 12.7. The Bertz CT molecular complexity index is 705. The van der Waals surface area contributed by atoms with Crippen molar-refractivity contribution in [1.29, 1.82) is 0 Å². The van der Waals surface area contributed by atoms with Crippen molar-refractivity contribution in [2.75, 3.05) is 0 Å². The summed E-state index contributed by atoms with van der Waals surface area (Å²) < 4.78 is 43.7. The van der Waals surface area contributed by atoms with Gasteiger partial charge in [-0.05, 0) is 42.8 Å². The molecule has 0 atom stereocenters. The van der Waals surface area contributed by atoms with Gasteiger partial charge in [0.15, 0.2) is 5.75 Å². The number of ether oxygens (including phenoxy) is 1. The molecule has 0 fully saturated rings. The molecule has 0 amide bonds. The van der Waals surface area contributed by atoms with Crippen LogP contribution in [0.3, 0.4) is 0 Å². The van der Waals surface area contributed by atoms with Crippen molar-refractivity contribution in [3.8, 4) is 11.5 Å². The summed E-state index contributed by atoms with van der Waals surface area (Å²) >= 11 is 0. The van der Waals surface area contributed by atoms with Gasteiger partial charge in [-0.15, -0.1) is 0 Å². The lowest BCUT2D eigenvalue weighted by Crippen LogP contribution is -2.05. The second-order valence-electron chi connectivity index (χ2n) is 4.58. The average Bonchev–Trinajstić information content (AvgIpc) is 2.56. The van der Waals surface area contributed by atoms with Crippen LogP contribution in [0.25, 0.3) is 0 Å². The van der Waals surface area contributed by atoms with Gasteiger partial charge in [0.2, 0.25) is 0 Å². The van der Waals surface area contributed by atoms with E-state index < -0.39 is 11.7 Å². The van der Waals surface area contributed by atoms with Gasteiger partial charge in [-0.1, -0.05) is 6.07 Å². The largest absolute Gasteiger partial charge is 0.454 e. The van der Waals surface area contributed by atoms with Crippen molar-refractivity contribution in [3.63, 3.8) is 0 Å². The molecule has 0 N–H and O–H groups in total. The van der Waals surface area contributed by atoms with Crippen LogP contribution in [-0.4, -0.2) is 6.21 Å². The number of hydrogen-bond acceptors (Lipinski definition) is 2. The topological polar surface area (TPSA) is 21.6 Å². The number of hydrogen-bond donors (Lipinski definition) is 0. The molecule has 0 saturated heterocycles. The van der Waals surface area contributed by atoms with Crippen LogP contribution >= 0.6 is 0 Å². The molecule has 2 aromatic rings. The van der Waals surface area contributed by atoms with E-state index in [0.717, 1.165) is 17.7 Å². The molecule has 5 heteroatoms. The molecule has 1 heterocycles. The Morgan fingerprint density at radius 1 is 1.00 bits per heavy atom. The van der Waals surface area contributed by atoms with Crippen LogP contribution < -0.4 is 4.74 Å². The summed E-state index contributed by atoms with van der Waals surface area (Å²) in [5, 5.41) is 0. The Hall–Kier alpha value is -2.30. The highest BCUT2D eigenvalue weighted by Crippen LogP contribution is 2.38. The summed E-state index contributed by atoms with van der Waals surface area (Å²) in [6, 6.07) is 8.81. The van der Waals surface area contributed by atoms with Crippen molar-refractivity contribution < 1.29 is 17.9 Å². The zero-order valence-corrected chi connectivity index (χ0v) is 10.5. The van der Waals surface area contributed by atoms with Crippen LogP contribution in [-0.2, 0) is 6.18 Å². The maximum Gasteiger partial charge on any atom is 0.416 e. The highest BCUT2D eigenvalue weighted by molar-refractivity contribution is 5.88. The Balaban J connectivity index is 2.09. The fourth-order valence-corrected chi connectivity index (χ4v) is 1.99. The predicted octanol–water partition coefficient (Wildman–Crippen LogP) is 4.87. The Kier molecular flexibility index (Phi) is 2.78. The first-order chi connectivity index (χ1) is 9.43. The SMILES string of the molecule is Cc1ccc2c(c1)N=Cc1cc(C(F)(F)F)ccc1O2. The summed E-state index contributed by atoms with van der Waals surface area (Å²) in [5.41, 5.74) is 1.21. The number of alkyl halides is 3. The Labute approximate surface area is 113 Å². The monoisotopic (exact) mass is 277 g/mol. The minimum Gasteiger partial charge on any atom is -0.454 e. The minimum absolute atomic E-state index is 0.314. The van der Waals surface area contributed by atoms with Crippen LogP contribution in [0.2, 0.25) is 0 Å². The predicted molar refractivity (Wildman–Crippen MR) is 70.0 cm³/mol. The second kappa shape index (κ2) is 4.37. The highest BCUT2D eigenvalue weighted by atomic mass is 19.4. The van der Waals surface area contributed by atoms with Gasteiger partial charge in [0.05, 0.1) is 5.56 Å². The lowest BCUT2D eigenvalue weighted by molar-refractivity contribution is -0.137. The fourth-order valence-electron chi connectivity index (χ4n) is 1.99. The van der Waals surface area contributed by atoms with Crippen LogP contribution in [0, 0.1) is 6.92 Å². The van der Waals surface area contributed by atoms with E-state index in [4.69, 9.17) is 4.74 Å². The van der Waals surface area contributed by atoms with E-state index in [0.29, 0.717) is 22.7 Å². The molecule has 2 nitrogen and oxygen atoms in total. The lowest BCUT2D eigenvalue weighted by Gasteiger charge is -2.11. The van der Waals surface area contributed by atoms with E-state index in [1.165, 1.54) is 12.3 Å². The lowest BCUT2D eigenvalue weighted by atomic mass is 10.1. The van der Waals surface area contributed by atoms with Gasteiger partial charge >= 0.3 is 6.18 Å². The Morgan fingerprint density at radius 3 is 2.50 bits per heavy atom. The molecule has 1 aliphatic heterocycles. The van der Waals surface area contributed by atoms with Gasteiger partial charge in [-0.2, -0.15) is 13.2 Å². The number of fused-ring (bicyclic) bond motifs is 2. The molecular weight excluding hydrogens is 267 g/mol. The van der Waals surface area contributed by atoms with Crippen molar-refractivity contribution in [3.05, 3.63) is 53.1 Å². The summed E-state index contributed by atoms with van der Waals surface area (Å²) in [6.07, 6.45) is -2.98. The van der Waals surface area contributed by atoms with Gasteiger partial charge < -0.3 is 4.74 Å². The quantitative estimate of drug-likeness (QED) is 0.574. The highest BCUT2D eigenvalue weighted by Gasteiger charge is 2.31. The van der Waals surface area contributed by atoms with Crippen LogP contribution in [0.5, 0.6) is 11.5 Å². The first-order valence-corrected chi connectivity index (χ1v) is 5.97. The number of nitrogens with zero attached hydrogens (tertiary/aromatic N) is 1. The third-order valence-electron chi connectivity index (χ3n) is 3.01. The fraction of sp³-hybridized carbons (Fsp3) is 0.133. The van der Waals surface area contributed by atoms with Gasteiger partial charge in [0, 0.05) is 11.8 Å². The molecule has 1 aliphatic rings. The smallest absolute Gasteiger partial charge is 0.416 e. The van der Waals surface area contributed by atoms with Gasteiger partial charge in [-0.3, -0.25) is 4.99 Å². The molecule has 0 unspecified atom stereocenters. The molecule has 0 spiro atoms. The minimum atomic E-state index is -4.38. The number of aryl methyl sites for hydroxylation is 1. The first-order valence-electron chi connectivity index (χ1n) is 5.97. The maximum absolute atomic E-state index is 12.7. The van der Waals surface area contributed by atoms with Gasteiger partial charge in [0.25, 0.3) is 0 Å². The second-order valence-corrected chi connectivity index (χ2v) is 4.58. The number of halogens is 3. The summed E-state index contributed by atoms with van der Waals surface area (Å²) in [4.78, 5) is 4.19. The van der Waals surface area contributed by atoms with Crippen molar-refractivity contribution in [1.82, 2.24) is 0 Å². The van der Waals surface area contributed by atoms with Crippen molar-refractivity contribution >= 4 is 11.9 Å². The summed E-state index contributed by atoms with van der Waals surface area (Å²) in [6.45, 7) is 1.91. The van der Waals surface area contributed by atoms with Crippen LogP contribution in [0.15, 0.2) is 41.4 Å². The van der Waals surface area contributed by atoms with Gasteiger partial charge in [-0.25, -0.2) is 0 Å². The summed E-state index contributed by atoms with van der Waals surface area (Å²) in [7, 11) is 0. The molecular formula is C15H10F3NO. The Morgan fingerprint density at radius 2 is 1.75 bits per heavy atom. The standard InChI is InChI=1S/C15H10F3NO/c1-9-2-4-14-12(6-9)19-8-10-7-11(15(16,17)18)3-5-13(10)20-14/h2-8H,1H3. The van der Waals surface area contributed by atoms with E-state index in [1.807, 2.05) is 19.1 Å². The molecule has 20 heavy (non-hydrogen) atoms. The summed E-state index contributed by atoms with van der Waals surface area (Å²) in [5.74, 6) is 0.898. The molecule has 2 aromatic carbocycles. The molecule has 3 rings (SSSR count). The number of aliphatic imine (C=N–C) groups is 1. The molecule has 0 radical (unpaired) electrons. The average molecular weight is 277 g/mol. The van der Waals surface area contributed by atoms with E-state index in [9.17, 15) is 13.2 Å². The maximum atomic E-state index is 12.7. The third-order valence-corrected chi connectivity index (χ3v) is 3.01. The van der Waals surface area contributed by atoms with Gasteiger partial charge in [0.1, 0.15) is 11.4 Å². The molecule has 0 bridgehead atoms. The van der Waals surface area contributed by atoms with Crippen molar-refractivity contribution in [2.45, 2.75) is 13.1 Å². The van der Waals surface area contributed by atoms with Crippen LogP contribution in [0.1, 0.15) is 16.7 Å².